The fraction of sp³-hybridized carbons (Fsp3) is 0.154. The maximum absolute atomic E-state index is 12.3. The average Bonchev–Trinajstić information content (AvgIpc) is 2.69. The Hall–Kier alpha value is -1.03. The maximum atomic E-state index is 12.3. The first-order valence-electron chi connectivity index (χ1n) is 5.16. The van der Waals surface area contributed by atoms with E-state index in [4.69, 9.17) is 27.9 Å². The summed E-state index contributed by atoms with van der Waals surface area (Å²) in [5.41, 5.74) is 1.41. The largest absolute Gasteiger partial charge is 0.495 e. The molecular formula is C13H10Cl2O2S. The lowest BCUT2D eigenvalue weighted by Crippen LogP contribution is -2.00. The lowest BCUT2D eigenvalue weighted by Gasteiger charge is -2.05. The van der Waals surface area contributed by atoms with Crippen LogP contribution in [0.4, 0.5) is 0 Å². The van der Waals surface area contributed by atoms with E-state index >= 15 is 0 Å². The second kappa shape index (κ2) is 5.31. The first-order valence-corrected chi connectivity index (χ1v) is 6.80. The van der Waals surface area contributed by atoms with Crippen LogP contribution in [0.2, 0.25) is 10.0 Å². The normalized spacial score (nSPS) is 10.4. The number of methoxy groups -OCH3 is 1. The van der Waals surface area contributed by atoms with Gasteiger partial charge in [-0.3, -0.25) is 4.79 Å². The predicted octanol–water partition coefficient (Wildman–Crippen LogP) is 4.60. The van der Waals surface area contributed by atoms with Crippen molar-refractivity contribution in [1.29, 1.82) is 0 Å². The van der Waals surface area contributed by atoms with Crippen molar-refractivity contribution in [3.05, 3.63) is 49.6 Å². The minimum Gasteiger partial charge on any atom is -0.495 e. The summed E-state index contributed by atoms with van der Waals surface area (Å²) in [4.78, 5) is 12.8. The van der Waals surface area contributed by atoms with Gasteiger partial charge in [-0.1, -0.05) is 23.2 Å². The van der Waals surface area contributed by atoms with Crippen molar-refractivity contribution in [2.45, 2.75) is 6.92 Å². The van der Waals surface area contributed by atoms with E-state index in [1.807, 2.05) is 12.3 Å². The van der Waals surface area contributed by atoms with Crippen molar-refractivity contribution in [3.63, 3.8) is 0 Å². The zero-order valence-electron chi connectivity index (χ0n) is 9.79. The average molecular weight is 301 g/mol. The van der Waals surface area contributed by atoms with E-state index in [1.54, 1.807) is 18.2 Å². The van der Waals surface area contributed by atoms with E-state index in [2.05, 4.69) is 0 Å². The zero-order chi connectivity index (χ0) is 13.3. The molecule has 0 amide bonds. The monoisotopic (exact) mass is 300 g/mol. The number of ketones is 1. The molecular weight excluding hydrogens is 291 g/mol. The number of halogens is 2. The molecule has 0 aliphatic rings. The molecule has 1 heterocycles. The number of carbonyl (C=O) groups is 1. The van der Waals surface area contributed by atoms with Gasteiger partial charge in [0.15, 0.2) is 0 Å². The number of aryl methyl sites for hydroxylation is 1. The third-order valence-corrected chi connectivity index (χ3v) is 4.51. The number of ether oxygens (including phenoxy) is 1. The first-order chi connectivity index (χ1) is 8.54. The summed E-state index contributed by atoms with van der Waals surface area (Å²) >= 11 is 13.4. The van der Waals surface area contributed by atoms with E-state index in [0.717, 1.165) is 5.56 Å². The molecule has 0 N–H and O–H groups in total. The Bertz CT molecular complexity index is 605. The van der Waals surface area contributed by atoms with Crippen LogP contribution in [0.5, 0.6) is 5.75 Å². The molecule has 0 saturated carbocycles. The van der Waals surface area contributed by atoms with Crippen LogP contribution in [0.3, 0.4) is 0 Å². The summed E-state index contributed by atoms with van der Waals surface area (Å²) in [6.07, 6.45) is 0. The van der Waals surface area contributed by atoms with Gasteiger partial charge in [0.1, 0.15) is 5.75 Å². The SMILES string of the molecule is COc1ccc(C(=O)c2scc(C)c2Cl)cc1Cl. The Morgan fingerprint density at radius 2 is 2.06 bits per heavy atom. The molecule has 0 unspecified atom stereocenters. The molecule has 0 radical (unpaired) electrons. The topological polar surface area (TPSA) is 26.3 Å². The van der Waals surface area contributed by atoms with Crippen LogP contribution in [-0.4, -0.2) is 12.9 Å². The molecule has 18 heavy (non-hydrogen) atoms. The lowest BCUT2D eigenvalue weighted by atomic mass is 10.1. The Morgan fingerprint density at radius 1 is 1.33 bits per heavy atom. The van der Waals surface area contributed by atoms with Crippen LogP contribution in [0.1, 0.15) is 20.8 Å². The molecule has 0 saturated heterocycles. The molecule has 1 aromatic heterocycles. The van der Waals surface area contributed by atoms with Crippen LogP contribution in [0.25, 0.3) is 0 Å². The molecule has 5 heteroatoms. The number of rotatable bonds is 3. The molecule has 2 aromatic rings. The second-order valence-electron chi connectivity index (χ2n) is 3.74. The van der Waals surface area contributed by atoms with Gasteiger partial charge in [0.25, 0.3) is 0 Å². The maximum Gasteiger partial charge on any atom is 0.204 e. The Morgan fingerprint density at radius 3 is 2.56 bits per heavy atom. The van der Waals surface area contributed by atoms with Gasteiger partial charge in [-0.2, -0.15) is 0 Å². The first kappa shape index (κ1) is 13.4. The number of thiophene rings is 1. The minimum atomic E-state index is -0.123. The van der Waals surface area contributed by atoms with Gasteiger partial charge < -0.3 is 4.74 Å². The van der Waals surface area contributed by atoms with Crippen LogP contribution < -0.4 is 4.74 Å². The summed E-state index contributed by atoms with van der Waals surface area (Å²) in [6, 6.07) is 4.94. The molecule has 94 valence electrons. The zero-order valence-corrected chi connectivity index (χ0v) is 12.1. The van der Waals surface area contributed by atoms with E-state index in [-0.39, 0.29) is 5.78 Å². The predicted molar refractivity (Wildman–Crippen MR) is 75.5 cm³/mol. The highest BCUT2D eigenvalue weighted by Crippen LogP contribution is 2.31. The van der Waals surface area contributed by atoms with E-state index in [9.17, 15) is 4.79 Å². The third kappa shape index (κ3) is 2.39. The van der Waals surface area contributed by atoms with Gasteiger partial charge in [-0.15, -0.1) is 11.3 Å². The highest BCUT2D eigenvalue weighted by atomic mass is 35.5. The Kier molecular flexibility index (Phi) is 3.95. The summed E-state index contributed by atoms with van der Waals surface area (Å²) < 4.78 is 5.05. The molecule has 2 nitrogen and oxygen atoms in total. The molecule has 0 aliphatic heterocycles. The molecule has 0 spiro atoms. The van der Waals surface area contributed by atoms with E-state index in [0.29, 0.717) is 26.2 Å². The minimum absolute atomic E-state index is 0.123. The lowest BCUT2D eigenvalue weighted by molar-refractivity contribution is 0.104. The number of hydrogen-bond acceptors (Lipinski definition) is 3. The molecule has 1 aromatic carbocycles. The fourth-order valence-electron chi connectivity index (χ4n) is 1.52. The standard InChI is InChI=1S/C13H10Cl2O2S/c1-7-6-18-13(11(7)15)12(16)8-3-4-10(17-2)9(14)5-8/h3-6H,1-2H3. The number of carbonyl (C=O) groups excluding carboxylic acids is 1. The summed E-state index contributed by atoms with van der Waals surface area (Å²) in [6.45, 7) is 1.87. The Labute approximate surface area is 119 Å². The summed E-state index contributed by atoms with van der Waals surface area (Å²) in [5.74, 6) is 0.421. The van der Waals surface area contributed by atoms with Crippen molar-refractivity contribution in [3.8, 4) is 5.75 Å². The third-order valence-electron chi connectivity index (χ3n) is 2.52. The van der Waals surface area contributed by atoms with E-state index in [1.165, 1.54) is 18.4 Å². The van der Waals surface area contributed by atoms with Crippen molar-refractivity contribution in [2.24, 2.45) is 0 Å². The Balaban J connectivity index is 2.40. The van der Waals surface area contributed by atoms with E-state index < -0.39 is 0 Å². The van der Waals surface area contributed by atoms with Gasteiger partial charge in [-0.25, -0.2) is 0 Å². The van der Waals surface area contributed by atoms with Crippen LogP contribution in [0.15, 0.2) is 23.6 Å². The van der Waals surface area contributed by atoms with Gasteiger partial charge in [0, 0.05) is 5.56 Å². The van der Waals surface area contributed by atoms with Crippen LogP contribution >= 0.6 is 34.5 Å². The highest BCUT2D eigenvalue weighted by molar-refractivity contribution is 7.13. The van der Waals surface area contributed by atoms with Gasteiger partial charge in [-0.05, 0) is 36.1 Å². The highest BCUT2D eigenvalue weighted by Gasteiger charge is 2.17. The molecule has 2 rings (SSSR count). The molecule has 0 fully saturated rings. The summed E-state index contributed by atoms with van der Waals surface area (Å²) in [7, 11) is 1.53. The van der Waals surface area contributed by atoms with Gasteiger partial charge >= 0.3 is 0 Å². The molecule has 0 aliphatic carbocycles. The molecule has 0 bridgehead atoms. The van der Waals surface area contributed by atoms with Crippen molar-refractivity contribution in [2.75, 3.05) is 7.11 Å². The fourth-order valence-corrected chi connectivity index (χ4v) is 3.02. The van der Waals surface area contributed by atoms with Crippen molar-refractivity contribution < 1.29 is 9.53 Å². The van der Waals surface area contributed by atoms with Gasteiger partial charge in [0.2, 0.25) is 5.78 Å². The van der Waals surface area contributed by atoms with Gasteiger partial charge in [0.05, 0.1) is 22.0 Å². The number of hydrogen-bond donors (Lipinski definition) is 0. The smallest absolute Gasteiger partial charge is 0.204 e. The molecule has 0 atom stereocenters. The number of benzene rings is 1. The van der Waals surface area contributed by atoms with Crippen molar-refractivity contribution in [1.82, 2.24) is 0 Å². The van der Waals surface area contributed by atoms with Crippen molar-refractivity contribution >= 4 is 40.3 Å². The quantitative estimate of drug-likeness (QED) is 0.774. The van der Waals surface area contributed by atoms with Crippen LogP contribution in [0, 0.1) is 6.92 Å². The van der Waals surface area contributed by atoms with Crippen LogP contribution in [-0.2, 0) is 0 Å². The summed E-state index contributed by atoms with van der Waals surface area (Å²) in [5, 5.41) is 2.78. The second-order valence-corrected chi connectivity index (χ2v) is 5.41.